The number of anilines is 1. The summed E-state index contributed by atoms with van der Waals surface area (Å²) in [6.07, 6.45) is 3.76. The average Bonchev–Trinajstić information content (AvgIpc) is 2.82. The number of hydrogen-bond acceptors (Lipinski definition) is 7. The Balaban J connectivity index is 2.52. The monoisotopic (exact) mass is 235 g/mol. The zero-order valence-electron chi connectivity index (χ0n) is 8.94. The van der Waals surface area contributed by atoms with E-state index in [-0.39, 0.29) is 11.5 Å². The van der Waals surface area contributed by atoms with E-state index in [0.29, 0.717) is 12.5 Å². The van der Waals surface area contributed by atoms with E-state index in [1.54, 1.807) is 0 Å². The molecule has 0 bridgehead atoms. The highest BCUT2D eigenvalue weighted by molar-refractivity contribution is 5.47. The molecule has 0 fully saturated rings. The second kappa shape index (κ2) is 4.51. The van der Waals surface area contributed by atoms with Gasteiger partial charge >= 0.3 is 5.69 Å². The second-order valence-electron chi connectivity index (χ2n) is 3.03. The van der Waals surface area contributed by atoms with Crippen LogP contribution >= 0.6 is 0 Å². The third-order valence-corrected chi connectivity index (χ3v) is 1.92. The Kier molecular flexibility index (Phi) is 2.90. The van der Waals surface area contributed by atoms with Gasteiger partial charge in [-0.15, -0.1) is 0 Å². The lowest BCUT2D eigenvalue weighted by Crippen LogP contribution is -2.09. The third kappa shape index (κ3) is 2.17. The smallest absolute Gasteiger partial charge is 0.332 e. The molecule has 17 heavy (non-hydrogen) atoms. The van der Waals surface area contributed by atoms with Gasteiger partial charge in [0.15, 0.2) is 0 Å². The maximum Gasteiger partial charge on any atom is 0.332 e. The van der Waals surface area contributed by atoms with Gasteiger partial charge in [-0.1, -0.05) is 0 Å². The standard InChI is InChI=1S/C8H9N7O2/c1-2-10-8-11-3-6(15(16)17)7(13-8)14-5-9-4-12-14/h3-5H,2H2,1H3,(H,10,11,13). The molecular weight excluding hydrogens is 226 g/mol. The molecule has 0 aliphatic heterocycles. The van der Waals surface area contributed by atoms with Crippen LogP contribution in [0.15, 0.2) is 18.9 Å². The van der Waals surface area contributed by atoms with Gasteiger partial charge in [0.1, 0.15) is 18.9 Å². The van der Waals surface area contributed by atoms with Gasteiger partial charge in [0.2, 0.25) is 11.8 Å². The normalized spacial score (nSPS) is 10.2. The SMILES string of the molecule is CCNc1ncc([N+](=O)[O-])c(-n2cncn2)n1. The van der Waals surface area contributed by atoms with E-state index in [1.165, 1.54) is 17.3 Å². The molecule has 0 radical (unpaired) electrons. The van der Waals surface area contributed by atoms with E-state index in [1.807, 2.05) is 6.92 Å². The summed E-state index contributed by atoms with van der Waals surface area (Å²) in [6.45, 7) is 2.49. The van der Waals surface area contributed by atoms with Gasteiger partial charge in [-0.25, -0.2) is 9.97 Å². The molecule has 0 aliphatic carbocycles. The topological polar surface area (TPSA) is 112 Å². The summed E-state index contributed by atoms with van der Waals surface area (Å²) < 4.78 is 1.22. The molecule has 0 aromatic carbocycles. The van der Waals surface area contributed by atoms with Crippen molar-refractivity contribution in [3.05, 3.63) is 29.0 Å². The third-order valence-electron chi connectivity index (χ3n) is 1.92. The first-order valence-corrected chi connectivity index (χ1v) is 4.82. The molecule has 9 nitrogen and oxygen atoms in total. The van der Waals surface area contributed by atoms with E-state index in [4.69, 9.17) is 0 Å². The van der Waals surface area contributed by atoms with Crippen LogP contribution in [0.2, 0.25) is 0 Å². The number of hydrogen-bond donors (Lipinski definition) is 1. The molecule has 0 aliphatic rings. The summed E-state index contributed by atoms with van der Waals surface area (Å²) in [4.78, 5) is 21.8. The number of nitro groups is 1. The van der Waals surface area contributed by atoms with Crippen LogP contribution < -0.4 is 5.32 Å². The maximum atomic E-state index is 10.8. The number of aromatic nitrogens is 5. The highest BCUT2D eigenvalue weighted by Crippen LogP contribution is 2.19. The van der Waals surface area contributed by atoms with Crippen molar-refractivity contribution in [1.82, 2.24) is 24.7 Å². The number of nitrogens with zero attached hydrogens (tertiary/aromatic N) is 6. The Labute approximate surface area is 95.7 Å². The van der Waals surface area contributed by atoms with Gasteiger partial charge < -0.3 is 5.32 Å². The maximum absolute atomic E-state index is 10.8. The van der Waals surface area contributed by atoms with Crippen molar-refractivity contribution >= 4 is 11.6 Å². The fourth-order valence-electron chi connectivity index (χ4n) is 1.22. The van der Waals surface area contributed by atoms with Crippen LogP contribution in [0, 0.1) is 10.1 Å². The quantitative estimate of drug-likeness (QED) is 0.602. The van der Waals surface area contributed by atoms with Crippen LogP contribution in [0.5, 0.6) is 0 Å². The molecule has 0 saturated carbocycles. The van der Waals surface area contributed by atoms with E-state index >= 15 is 0 Å². The van der Waals surface area contributed by atoms with Gasteiger partial charge in [0.25, 0.3) is 0 Å². The van der Waals surface area contributed by atoms with Crippen molar-refractivity contribution < 1.29 is 4.92 Å². The molecule has 0 amide bonds. The molecule has 0 saturated heterocycles. The van der Waals surface area contributed by atoms with Gasteiger partial charge in [-0.3, -0.25) is 10.1 Å². The van der Waals surface area contributed by atoms with Crippen LogP contribution in [0.25, 0.3) is 5.82 Å². The highest BCUT2D eigenvalue weighted by Gasteiger charge is 2.19. The molecule has 0 atom stereocenters. The molecule has 2 heterocycles. The zero-order chi connectivity index (χ0) is 12.3. The first kappa shape index (κ1) is 10.9. The van der Waals surface area contributed by atoms with Crippen molar-refractivity contribution in [3.8, 4) is 5.82 Å². The van der Waals surface area contributed by atoms with Crippen LogP contribution in [0.3, 0.4) is 0 Å². The summed E-state index contributed by atoms with van der Waals surface area (Å²) >= 11 is 0. The fourth-order valence-corrected chi connectivity index (χ4v) is 1.22. The van der Waals surface area contributed by atoms with Crippen molar-refractivity contribution in [3.63, 3.8) is 0 Å². The number of rotatable bonds is 4. The van der Waals surface area contributed by atoms with E-state index in [9.17, 15) is 10.1 Å². The van der Waals surface area contributed by atoms with Crippen molar-refractivity contribution in [2.75, 3.05) is 11.9 Å². The number of nitrogens with one attached hydrogen (secondary N) is 1. The minimum Gasteiger partial charge on any atom is -0.354 e. The minimum atomic E-state index is -0.563. The van der Waals surface area contributed by atoms with Crippen LogP contribution in [0.4, 0.5) is 11.6 Å². The molecule has 88 valence electrons. The van der Waals surface area contributed by atoms with Gasteiger partial charge in [0.05, 0.1) is 4.92 Å². The van der Waals surface area contributed by atoms with Crippen LogP contribution in [-0.2, 0) is 0 Å². The first-order chi connectivity index (χ1) is 8.22. The predicted molar refractivity (Wildman–Crippen MR) is 57.8 cm³/mol. The molecule has 1 N–H and O–H groups in total. The average molecular weight is 235 g/mol. The molecule has 0 spiro atoms. The molecule has 2 aromatic heterocycles. The van der Waals surface area contributed by atoms with Gasteiger partial charge in [-0.2, -0.15) is 14.8 Å². The molecular formula is C8H9N7O2. The molecule has 0 unspecified atom stereocenters. The highest BCUT2D eigenvalue weighted by atomic mass is 16.6. The fraction of sp³-hybridized carbons (Fsp3) is 0.250. The predicted octanol–water partition coefficient (Wildman–Crippen LogP) is 0.397. The molecule has 9 heteroatoms. The first-order valence-electron chi connectivity index (χ1n) is 4.82. The Morgan fingerprint density at radius 2 is 2.41 bits per heavy atom. The summed E-state index contributed by atoms with van der Waals surface area (Å²) in [5.74, 6) is 0.391. The summed E-state index contributed by atoms with van der Waals surface area (Å²) in [5.41, 5.74) is -0.225. The van der Waals surface area contributed by atoms with Crippen LogP contribution in [0.1, 0.15) is 6.92 Å². The summed E-state index contributed by atoms with van der Waals surface area (Å²) in [7, 11) is 0. The van der Waals surface area contributed by atoms with Crippen LogP contribution in [-0.4, -0.2) is 36.2 Å². The Hall–Kier alpha value is -2.58. The van der Waals surface area contributed by atoms with E-state index in [0.717, 1.165) is 6.20 Å². The van der Waals surface area contributed by atoms with Crippen molar-refractivity contribution in [2.24, 2.45) is 0 Å². The second-order valence-corrected chi connectivity index (χ2v) is 3.03. The van der Waals surface area contributed by atoms with Crippen molar-refractivity contribution in [1.29, 1.82) is 0 Å². The lowest BCUT2D eigenvalue weighted by molar-refractivity contribution is -0.385. The summed E-state index contributed by atoms with van der Waals surface area (Å²) in [6, 6.07) is 0. The van der Waals surface area contributed by atoms with Crippen molar-refractivity contribution in [2.45, 2.75) is 6.92 Å². The Morgan fingerprint density at radius 3 is 3.00 bits per heavy atom. The van der Waals surface area contributed by atoms with E-state index < -0.39 is 4.92 Å². The Morgan fingerprint density at radius 1 is 1.59 bits per heavy atom. The zero-order valence-corrected chi connectivity index (χ0v) is 8.94. The lowest BCUT2D eigenvalue weighted by Gasteiger charge is -2.04. The Bertz CT molecular complexity index is 525. The summed E-state index contributed by atoms with van der Waals surface area (Å²) in [5, 5.41) is 17.5. The lowest BCUT2D eigenvalue weighted by atomic mass is 10.5. The van der Waals surface area contributed by atoms with Gasteiger partial charge in [-0.05, 0) is 6.92 Å². The molecule has 2 aromatic rings. The molecule has 2 rings (SSSR count). The van der Waals surface area contributed by atoms with Gasteiger partial charge in [0, 0.05) is 6.54 Å². The van der Waals surface area contributed by atoms with E-state index in [2.05, 4.69) is 25.4 Å². The minimum absolute atomic E-state index is 0.0819. The largest absolute Gasteiger partial charge is 0.354 e.